The fourth-order valence-corrected chi connectivity index (χ4v) is 3.84. The van der Waals surface area contributed by atoms with Gasteiger partial charge in [-0.15, -0.1) is 0 Å². The van der Waals surface area contributed by atoms with Gasteiger partial charge in [0.25, 0.3) is 5.91 Å². The van der Waals surface area contributed by atoms with E-state index in [9.17, 15) is 4.79 Å². The Kier molecular flexibility index (Phi) is 9.91. The lowest BCUT2D eigenvalue weighted by atomic mass is 10.1. The van der Waals surface area contributed by atoms with Crippen LogP contribution in [-0.4, -0.2) is 24.2 Å². The van der Waals surface area contributed by atoms with E-state index < -0.39 is 0 Å². The molecule has 0 aliphatic heterocycles. The molecule has 0 aliphatic rings. The highest BCUT2D eigenvalue weighted by Gasteiger charge is 2.13. The molecule has 178 valence electrons. The third-order valence-corrected chi connectivity index (χ3v) is 5.66. The lowest BCUT2D eigenvalue weighted by molar-refractivity contribution is 0.0977. The Morgan fingerprint density at radius 2 is 1.71 bits per heavy atom. The molecule has 0 heterocycles. The molecule has 0 radical (unpaired) electrons. The molecule has 0 aliphatic carbocycles. The SMILES string of the molecule is CC(C)COc1ccc(C(=O)NC(=S)Nc2ccccc2OCCCc2ccccc2)cc1Br. The van der Waals surface area contributed by atoms with Crippen LogP contribution in [0.25, 0.3) is 0 Å². The van der Waals surface area contributed by atoms with Crippen molar-refractivity contribution in [1.29, 1.82) is 0 Å². The summed E-state index contributed by atoms with van der Waals surface area (Å²) in [5, 5.41) is 5.98. The lowest BCUT2D eigenvalue weighted by Gasteiger charge is -2.15. The first-order valence-corrected chi connectivity index (χ1v) is 12.4. The number of hydrogen-bond donors (Lipinski definition) is 2. The van der Waals surface area contributed by atoms with Gasteiger partial charge in [0.15, 0.2) is 5.11 Å². The standard InChI is InChI=1S/C27H29BrN2O3S/c1-19(2)18-33-24-15-14-21(17-22(24)28)26(31)30-27(34)29-23-12-6-7-13-25(23)32-16-8-11-20-9-4-3-5-10-20/h3-7,9-10,12-15,17,19H,8,11,16,18H2,1-2H3,(H2,29,30,31,34). The number of anilines is 1. The van der Waals surface area contributed by atoms with Gasteiger partial charge in [0, 0.05) is 5.56 Å². The molecule has 1 amide bonds. The minimum Gasteiger partial charge on any atom is -0.492 e. The zero-order chi connectivity index (χ0) is 24.3. The predicted octanol–water partition coefficient (Wildman–Crippen LogP) is 6.62. The third-order valence-electron chi connectivity index (χ3n) is 4.84. The van der Waals surface area contributed by atoms with Crippen LogP contribution in [0, 0.1) is 5.92 Å². The van der Waals surface area contributed by atoms with Crippen molar-refractivity contribution in [1.82, 2.24) is 5.32 Å². The molecule has 2 N–H and O–H groups in total. The van der Waals surface area contributed by atoms with Crippen molar-refractivity contribution in [3.8, 4) is 11.5 Å². The second kappa shape index (κ2) is 13.1. The van der Waals surface area contributed by atoms with Crippen molar-refractivity contribution in [3.63, 3.8) is 0 Å². The van der Waals surface area contributed by atoms with Gasteiger partial charge in [0.2, 0.25) is 0 Å². The first kappa shape index (κ1) is 25.7. The van der Waals surface area contributed by atoms with Gasteiger partial charge in [-0.25, -0.2) is 0 Å². The van der Waals surface area contributed by atoms with Crippen molar-refractivity contribution >= 4 is 44.9 Å². The fourth-order valence-electron chi connectivity index (χ4n) is 3.14. The quantitative estimate of drug-likeness (QED) is 0.223. The Bertz CT molecular complexity index is 1110. The molecular formula is C27H29BrN2O3S. The molecule has 34 heavy (non-hydrogen) atoms. The molecule has 7 heteroatoms. The molecule has 0 bridgehead atoms. The maximum absolute atomic E-state index is 12.7. The summed E-state index contributed by atoms with van der Waals surface area (Å²) in [6.45, 7) is 5.34. The van der Waals surface area contributed by atoms with Crippen LogP contribution in [0.3, 0.4) is 0 Å². The van der Waals surface area contributed by atoms with Gasteiger partial charge >= 0.3 is 0 Å². The number of benzene rings is 3. The zero-order valence-corrected chi connectivity index (χ0v) is 21.7. The van der Waals surface area contributed by atoms with E-state index in [-0.39, 0.29) is 11.0 Å². The number of nitrogens with one attached hydrogen (secondary N) is 2. The van der Waals surface area contributed by atoms with E-state index in [1.54, 1.807) is 18.2 Å². The van der Waals surface area contributed by atoms with Crippen LogP contribution < -0.4 is 20.1 Å². The molecule has 3 aromatic rings. The Labute approximate surface area is 215 Å². The third kappa shape index (κ3) is 8.15. The second-order valence-electron chi connectivity index (χ2n) is 8.19. The predicted molar refractivity (Wildman–Crippen MR) is 145 cm³/mol. The van der Waals surface area contributed by atoms with Gasteiger partial charge in [0.05, 0.1) is 23.4 Å². The fraction of sp³-hybridized carbons (Fsp3) is 0.259. The van der Waals surface area contributed by atoms with Crippen LogP contribution >= 0.6 is 28.1 Å². The van der Waals surface area contributed by atoms with E-state index in [4.69, 9.17) is 21.7 Å². The maximum Gasteiger partial charge on any atom is 0.257 e. The van der Waals surface area contributed by atoms with Crippen molar-refractivity contribution in [2.45, 2.75) is 26.7 Å². The molecule has 5 nitrogen and oxygen atoms in total. The molecule has 0 saturated heterocycles. The Morgan fingerprint density at radius 3 is 2.44 bits per heavy atom. The van der Waals surface area contributed by atoms with E-state index in [0.717, 1.165) is 12.8 Å². The van der Waals surface area contributed by atoms with Crippen LogP contribution in [0.5, 0.6) is 11.5 Å². The number of carbonyl (C=O) groups excluding carboxylic acids is 1. The Morgan fingerprint density at radius 1 is 0.971 bits per heavy atom. The number of aryl methyl sites for hydroxylation is 1. The Hall–Kier alpha value is -2.90. The van der Waals surface area contributed by atoms with Crippen molar-refractivity contribution in [3.05, 3.63) is 88.4 Å². The highest BCUT2D eigenvalue weighted by atomic mass is 79.9. The first-order valence-electron chi connectivity index (χ1n) is 11.2. The summed E-state index contributed by atoms with van der Waals surface area (Å²) in [5.41, 5.74) is 2.46. The van der Waals surface area contributed by atoms with Crippen molar-refractivity contribution < 1.29 is 14.3 Å². The number of amides is 1. The molecule has 0 atom stereocenters. The summed E-state index contributed by atoms with van der Waals surface area (Å²) in [5.74, 6) is 1.48. The van der Waals surface area contributed by atoms with E-state index in [0.29, 0.717) is 46.4 Å². The number of para-hydroxylation sites is 2. The molecule has 0 saturated carbocycles. The number of carbonyl (C=O) groups is 1. The van der Waals surface area contributed by atoms with E-state index in [1.165, 1.54) is 5.56 Å². The van der Waals surface area contributed by atoms with Gasteiger partial charge in [-0.1, -0.05) is 56.3 Å². The van der Waals surface area contributed by atoms with Crippen LogP contribution in [0.15, 0.2) is 77.3 Å². The molecule has 3 rings (SSSR count). The number of hydrogen-bond acceptors (Lipinski definition) is 4. The summed E-state index contributed by atoms with van der Waals surface area (Å²) < 4.78 is 12.4. The summed E-state index contributed by atoms with van der Waals surface area (Å²) in [4.78, 5) is 12.7. The normalized spacial score (nSPS) is 10.6. The Balaban J connectivity index is 1.52. The van der Waals surface area contributed by atoms with Gasteiger partial charge in [-0.05, 0) is 82.8 Å². The number of thiocarbonyl (C=S) groups is 1. The molecular weight excluding hydrogens is 512 g/mol. The van der Waals surface area contributed by atoms with Crippen LogP contribution in [0.1, 0.15) is 36.2 Å². The van der Waals surface area contributed by atoms with Crippen LogP contribution in [-0.2, 0) is 6.42 Å². The number of ether oxygens (including phenoxy) is 2. The molecule has 0 unspecified atom stereocenters. The topological polar surface area (TPSA) is 59.6 Å². The van der Waals surface area contributed by atoms with Gasteiger partial charge in [-0.2, -0.15) is 0 Å². The van der Waals surface area contributed by atoms with Gasteiger partial charge in [0.1, 0.15) is 11.5 Å². The average Bonchev–Trinajstić information content (AvgIpc) is 2.82. The minimum atomic E-state index is -0.310. The van der Waals surface area contributed by atoms with E-state index in [1.807, 2.05) is 42.5 Å². The highest BCUT2D eigenvalue weighted by Crippen LogP contribution is 2.27. The van der Waals surface area contributed by atoms with Crippen LogP contribution in [0.4, 0.5) is 5.69 Å². The summed E-state index contributed by atoms with van der Waals surface area (Å²) in [6.07, 6.45) is 1.84. The molecule has 0 aromatic heterocycles. The summed E-state index contributed by atoms with van der Waals surface area (Å²) >= 11 is 8.83. The summed E-state index contributed by atoms with van der Waals surface area (Å²) in [7, 11) is 0. The smallest absolute Gasteiger partial charge is 0.257 e. The van der Waals surface area contributed by atoms with Crippen LogP contribution in [0.2, 0.25) is 0 Å². The van der Waals surface area contributed by atoms with Gasteiger partial charge in [-0.3, -0.25) is 10.1 Å². The first-order chi connectivity index (χ1) is 16.4. The maximum atomic E-state index is 12.7. The molecule has 0 spiro atoms. The summed E-state index contributed by atoms with van der Waals surface area (Å²) in [6, 6.07) is 23.1. The zero-order valence-electron chi connectivity index (χ0n) is 19.3. The lowest BCUT2D eigenvalue weighted by Crippen LogP contribution is -2.34. The van der Waals surface area contributed by atoms with Gasteiger partial charge < -0.3 is 14.8 Å². The minimum absolute atomic E-state index is 0.196. The van der Waals surface area contributed by atoms with E-state index >= 15 is 0 Å². The highest BCUT2D eigenvalue weighted by molar-refractivity contribution is 9.10. The van der Waals surface area contributed by atoms with E-state index in [2.05, 4.69) is 52.5 Å². The van der Waals surface area contributed by atoms with Crippen molar-refractivity contribution in [2.24, 2.45) is 5.92 Å². The molecule has 0 fully saturated rings. The number of rotatable bonds is 10. The van der Waals surface area contributed by atoms with Crippen molar-refractivity contribution in [2.75, 3.05) is 18.5 Å². The number of halogens is 1. The largest absolute Gasteiger partial charge is 0.492 e. The molecule has 3 aromatic carbocycles. The monoisotopic (exact) mass is 540 g/mol. The average molecular weight is 542 g/mol. The second-order valence-corrected chi connectivity index (χ2v) is 9.45.